The van der Waals surface area contributed by atoms with E-state index < -0.39 is 0 Å². The number of rotatable bonds is 3. The Morgan fingerprint density at radius 3 is 3.10 bits per heavy atom. The predicted octanol–water partition coefficient (Wildman–Crippen LogP) is 3.18. The van der Waals surface area contributed by atoms with Gasteiger partial charge in [-0.1, -0.05) is 11.6 Å². The number of anilines is 1. The van der Waals surface area contributed by atoms with Crippen LogP contribution in [0.3, 0.4) is 0 Å². The highest BCUT2D eigenvalue weighted by Crippen LogP contribution is 2.29. The molecule has 106 valence electrons. The minimum Gasteiger partial charge on any atom is -0.337 e. The molecule has 0 spiro atoms. The lowest BCUT2D eigenvalue weighted by molar-refractivity contribution is 0.458. The third-order valence-electron chi connectivity index (χ3n) is 3.66. The molecule has 3 heterocycles. The van der Waals surface area contributed by atoms with Gasteiger partial charge in [0.15, 0.2) is 0 Å². The van der Waals surface area contributed by atoms with Crippen molar-refractivity contribution in [2.24, 2.45) is 5.73 Å². The van der Waals surface area contributed by atoms with E-state index in [0.29, 0.717) is 12.6 Å². The quantitative estimate of drug-likeness (QED) is 0.946. The summed E-state index contributed by atoms with van der Waals surface area (Å²) in [5.74, 6) is 0.778. The van der Waals surface area contributed by atoms with Crippen molar-refractivity contribution in [2.45, 2.75) is 25.3 Å². The Bertz CT molecular complexity index is 586. The Morgan fingerprint density at radius 2 is 2.35 bits per heavy atom. The van der Waals surface area contributed by atoms with E-state index in [9.17, 15) is 0 Å². The first kappa shape index (κ1) is 13.8. The summed E-state index contributed by atoms with van der Waals surface area (Å²) in [5.41, 5.74) is 7.83. The van der Waals surface area contributed by atoms with Gasteiger partial charge in [0, 0.05) is 36.3 Å². The van der Waals surface area contributed by atoms with Gasteiger partial charge in [-0.05, 0) is 31.4 Å². The first-order valence-electron chi connectivity index (χ1n) is 6.82. The molecule has 2 aromatic heterocycles. The number of piperidine rings is 1. The third-order valence-corrected chi connectivity index (χ3v) is 4.75. The van der Waals surface area contributed by atoms with Crippen LogP contribution in [-0.4, -0.2) is 29.1 Å². The molecule has 1 fully saturated rings. The Morgan fingerprint density at radius 1 is 1.45 bits per heavy atom. The molecule has 1 saturated heterocycles. The zero-order valence-corrected chi connectivity index (χ0v) is 12.7. The third kappa shape index (κ3) is 2.80. The minimum absolute atomic E-state index is 0.352. The van der Waals surface area contributed by atoms with Crippen LogP contribution in [0.4, 0.5) is 5.95 Å². The normalized spacial score (nSPS) is 19.3. The van der Waals surface area contributed by atoms with Gasteiger partial charge in [0.25, 0.3) is 0 Å². The summed E-state index contributed by atoms with van der Waals surface area (Å²) < 4.78 is 0.776. The molecule has 6 heteroatoms. The Balaban J connectivity index is 1.90. The second-order valence-corrected chi connectivity index (χ2v) is 6.50. The van der Waals surface area contributed by atoms with Crippen LogP contribution in [0.1, 0.15) is 19.3 Å². The van der Waals surface area contributed by atoms with Crippen LogP contribution in [0.25, 0.3) is 11.3 Å². The molecular formula is C14H17ClN4S. The summed E-state index contributed by atoms with van der Waals surface area (Å²) in [6.45, 7) is 1.63. The molecule has 1 aliphatic rings. The van der Waals surface area contributed by atoms with E-state index >= 15 is 0 Å². The number of nitrogens with two attached hydrogens (primary N) is 1. The first-order valence-corrected chi connectivity index (χ1v) is 8.08. The van der Waals surface area contributed by atoms with Gasteiger partial charge < -0.3 is 10.6 Å². The zero-order chi connectivity index (χ0) is 13.9. The number of aromatic nitrogens is 2. The minimum atomic E-state index is 0.352. The van der Waals surface area contributed by atoms with Gasteiger partial charge in [0.1, 0.15) is 0 Å². The number of hydrogen-bond acceptors (Lipinski definition) is 5. The van der Waals surface area contributed by atoms with Gasteiger partial charge in [0.2, 0.25) is 5.95 Å². The van der Waals surface area contributed by atoms with Gasteiger partial charge in [-0.15, -0.1) is 11.3 Å². The van der Waals surface area contributed by atoms with Crippen molar-refractivity contribution < 1.29 is 0 Å². The van der Waals surface area contributed by atoms with Gasteiger partial charge in [0.05, 0.1) is 10.0 Å². The lowest BCUT2D eigenvalue weighted by atomic mass is 10.0. The van der Waals surface area contributed by atoms with Crippen molar-refractivity contribution in [2.75, 3.05) is 18.0 Å². The molecule has 0 amide bonds. The van der Waals surface area contributed by atoms with Crippen LogP contribution in [-0.2, 0) is 0 Å². The smallest absolute Gasteiger partial charge is 0.226 e. The maximum Gasteiger partial charge on any atom is 0.226 e. The largest absolute Gasteiger partial charge is 0.337 e. The van der Waals surface area contributed by atoms with Crippen molar-refractivity contribution in [3.05, 3.63) is 28.0 Å². The van der Waals surface area contributed by atoms with E-state index in [1.165, 1.54) is 24.2 Å². The average molecular weight is 309 g/mol. The summed E-state index contributed by atoms with van der Waals surface area (Å²) in [7, 11) is 0. The van der Waals surface area contributed by atoms with Gasteiger partial charge in [-0.2, -0.15) is 0 Å². The summed E-state index contributed by atoms with van der Waals surface area (Å²) in [6.07, 6.45) is 5.34. The fraction of sp³-hybridized carbons (Fsp3) is 0.429. The van der Waals surface area contributed by atoms with Gasteiger partial charge >= 0.3 is 0 Å². The van der Waals surface area contributed by atoms with Crippen LogP contribution in [0, 0.1) is 0 Å². The molecule has 1 aliphatic heterocycles. The van der Waals surface area contributed by atoms with Gasteiger partial charge in [-0.25, -0.2) is 9.97 Å². The molecule has 2 aromatic rings. The molecule has 3 rings (SSSR count). The van der Waals surface area contributed by atoms with Crippen LogP contribution >= 0.6 is 22.9 Å². The van der Waals surface area contributed by atoms with E-state index in [2.05, 4.69) is 14.9 Å². The molecule has 0 aliphatic carbocycles. The Hall–Kier alpha value is -1.17. The SMILES string of the molecule is NCC1CCCCN1c1nccc(-c2csc(Cl)c2)n1. The predicted molar refractivity (Wildman–Crippen MR) is 84.4 cm³/mol. The number of thiophene rings is 1. The zero-order valence-electron chi connectivity index (χ0n) is 11.1. The van der Waals surface area contributed by atoms with Crippen molar-refractivity contribution in [3.63, 3.8) is 0 Å². The standard InChI is InChI=1S/C14H17ClN4S/c15-13-7-10(9-20-13)12-4-5-17-14(18-12)19-6-2-1-3-11(19)8-16/h4-5,7,9,11H,1-3,6,8,16H2. The van der Waals surface area contributed by atoms with Crippen molar-refractivity contribution in [1.29, 1.82) is 0 Å². The van der Waals surface area contributed by atoms with E-state index in [1.807, 2.05) is 23.7 Å². The number of hydrogen-bond donors (Lipinski definition) is 1. The molecule has 20 heavy (non-hydrogen) atoms. The van der Waals surface area contributed by atoms with E-state index in [1.54, 1.807) is 0 Å². The fourth-order valence-electron chi connectivity index (χ4n) is 2.60. The highest BCUT2D eigenvalue weighted by molar-refractivity contribution is 7.14. The molecule has 1 unspecified atom stereocenters. The second-order valence-electron chi connectivity index (χ2n) is 4.96. The summed E-state index contributed by atoms with van der Waals surface area (Å²) in [5, 5.41) is 2.02. The average Bonchev–Trinajstić information content (AvgIpc) is 2.94. The molecule has 0 aromatic carbocycles. The van der Waals surface area contributed by atoms with Gasteiger partial charge in [-0.3, -0.25) is 0 Å². The number of halogens is 1. The van der Waals surface area contributed by atoms with Crippen molar-refractivity contribution >= 4 is 28.9 Å². The molecule has 0 bridgehead atoms. The van der Waals surface area contributed by atoms with Crippen molar-refractivity contribution in [3.8, 4) is 11.3 Å². The van der Waals surface area contributed by atoms with Crippen LogP contribution in [0.2, 0.25) is 4.34 Å². The van der Waals surface area contributed by atoms with Crippen LogP contribution in [0.15, 0.2) is 23.7 Å². The molecule has 1 atom stereocenters. The Labute approximate surface area is 127 Å². The Kier molecular flexibility index (Phi) is 4.19. The summed E-state index contributed by atoms with van der Waals surface area (Å²) in [6, 6.07) is 4.21. The maximum atomic E-state index is 5.99. The molecule has 2 N–H and O–H groups in total. The molecule has 0 radical (unpaired) electrons. The first-order chi connectivity index (χ1) is 9.78. The summed E-state index contributed by atoms with van der Waals surface area (Å²) >= 11 is 7.51. The highest BCUT2D eigenvalue weighted by atomic mass is 35.5. The number of nitrogens with zero attached hydrogens (tertiary/aromatic N) is 3. The van der Waals surface area contributed by atoms with Crippen molar-refractivity contribution in [1.82, 2.24) is 9.97 Å². The fourth-order valence-corrected chi connectivity index (χ4v) is 3.48. The van der Waals surface area contributed by atoms with Crippen LogP contribution in [0.5, 0.6) is 0 Å². The monoisotopic (exact) mass is 308 g/mol. The van der Waals surface area contributed by atoms with E-state index in [4.69, 9.17) is 17.3 Å². The topological polar surface area (TPSA) is 55.0 Å². The maximum absolute atomic E-state index is 5.99. The lowest BCUT2D eigenvalue weighted by Crippen LogP contribution is -2.45. The van der Waals surface area contributed by atoms with Crippen LogP contribution < -0.4 is 10.6 Å². The van der Waals surface area contributed by atoms with E-state index in [-0.39, 0.29) is 0 Å². The molecule has 4 nitrogen and oxygen atoms in total. The highest BCUT2D eigenvalue weighted by Gasteiger charge is 2.23. The lowest BCUT2D eigenvalue weighted by Gasteiger charge is -2.35. The second kappa shape index (κ2) is 6.08. The summed E-state index contributed by atoms with van der Waals surface area (Å²) in [4.78, 5) is 11.3. The molecule has 0 saturated carbocycles. The van der Waals surface area contributed by atoms with E-state index in [0.717, 1.165) is 34.5 Å². The molecular weight excluding hydrogens is 292 g/mol.